The predicted octanol–water partition coefficient (Wildman–Crippen LogP) is 4.71. The minimum absolute atomic E-state index is 0.503. The van der Waals surface area contributed by atoms with Crippen molar-refractivity contribution in [2.45, 2.75) is 27.0 Å². The number of aryl methyl sites for hydroxylation is 2. The fourth-order valence-corrected chi connectivity index (χ4v) is 2.87. The topological polar surface area (TPSA) is 27.1 Å². The van der Waals surface area contributed by atoms with Gasteiger partial charge in [0.25, 0.3) is 0 Å². The standard InChI is InChI=1S/C17H17BrN2O/c1-3-20-15(17(18)12(2)19-20)11-21-16-10-6-8-13-7-4-5-9-14(13)16/h4-10H,3,11H2,1-2H3. The average molecular weight is 345 g/mol. The first-order valence-electron chi connectivity index (χ1n) is 7.03. The average Bonchev–Trinajstić information content (AvgIpc) is 2.80. The summed E-state index contributed by atoms with van der Waals surface area (Å²) >= 11 is 3.60. The minimum Gasteiger partial charge on any atom is -0.487 e. The molecule has 3 rings (SSSR count). The van der Waals surface area contributed by atoms with Crippen molar-refractivity contribution >= 4 is 26.7 Å². The first-order valence-corrected chi connectivity index (χ1v) is 7.82. The molecule has 0 bridgehead atoms. The number of aromatic nitrogens is 2. The molecular weight excluding hydrogens is 328 g/mol. The van der Waals surface area contributed by atoms with Crippen LogP contribution in [0.1, 0.15) is 18.3 Å². The Hall–Kier alpha value is -1.81. The van der Waals surface area contributed by atoms with Gasteiger partial charge in [-0.3, -0.25) is 4.68 Å². The van der Waals surface area contributed by atoms with Crippen molar-refractivity contribution in [3.63, 3.8) is 0 Å². The van der Waals surface area contributed by atoms with Gasteiger partial charge >= 0.3 is 0 Å². The van der Waals surface area contributed by atoms with Crippen LogP contribution < -0.4 is 4.74 Å². The number of hydrogen-bond donors (Lipinski definition) is 0. The molecule has 2 aromatic carbocycles. The van der Waals surface area contributed by atoms with Gasteiger partial charge in [0.05, 0.1) is 15.9 Å². The molecule has 3 aromatic rings. The maximum Gasteiger partial charge on any atom is 0.131 e. The van der Waals surface area contributed by atoms with Crippen molar-refractivity contribution in [2.75, 3.05) is 0 Å². The normalized spacial score (nSPS) is 11.0. The SMILES string of the molecule is CCn1nc(C)c(Br)c1COc1cccc2ccccc12. The van der Waals surface area contributed by atoms with E-state index in [4.69, 9.17) is 4.74 Å². The second-order valence-electron chi connectivity index (χ2n) is 4.93. The van der Waals surface area contributed by atoms with Crippen LogP contribution in [-0.4, -0.2) is 9.78 Å². The molecule has 0 aliphatic carbocycles. The van der Waals surface area contributed by atoms with Gasteiger partial charge in [-0.15, -0.1) is 0 Å². The maximum absolute atomic E-state index is 6.05. The van der Waals surface area contributed by atoms with E-state index in [0.29, 0.717) is 6.61 Å². The Morgan fingerprint density at radius 2 is 1.90 bits per heavy atom. The zero-order valence-electron chi connectivity index (χ0n) is 12.1. The second-order valence-corrected chi connectivity index (χ2v) is 5.72. The zero-order valence-corrected chi connectivity index (χ0v) is 13.7. The quantitative estimate of drug-likeness (QED) is 0.685. The van der Waals surface area contributed by atoms with E-state index in [1.807, 2.05) is 35.9 Å². The Morgan fingerprint density at radius 1 is 1.14 bits per heavy atom. The third-order valence-electron chi connectivity index (χ3n) is 3.57. The molecular formula is C17H17BrN2O. The van der Waals surface area contributed by atoms with Crippen LogP contribution in [0.2, 0.25) is 0 Å². The molecule has 0 aliphatic heterocycles. The molecule has 0 saturated carbocycles. The van der Waals surface area contributed by atoms with E-state index in [2.05, 4.69) is 46.2 Å². The molecule has 0 radical (unpaired) electrons. The minimum atomic E-state index is 0.503. The van der Waals surface area contributed by atoms with Crippen LogP contribution >= 0.6 is 15.9 Å². The molecule has 0 N–H and O–H groups in total. The van der Waals surface area contributed by atoms with E-state index >= 15 is 0 Å². The highest BCUT2D eigenvalue weighted by atomic mass is 79.9. The van der Waals surface area contributed by atoms with Crippen LogP contribution in [0.5, 0.6) is 5.75 Å². The molecule has 0 aliphatic rings. The Bertz CT molecular complexity index is 774. The lowest BCUT2D eigenvalue weighted by molar-refractivity contribution is 0.295. The molecule has 0 amide bonds. The Labute approximate surface area is 132 Å². The molecule has 4 heteroatoms. The van der Waals surface area contributed by atoms with Crippen molar-refractivity contribution in [1.82, 2.24) is 9.78 Å². The second kappa shape index (κ2) is 5.90. The van der Waals surface area contributed by atoms with E-state index in [-0.39, 0.29) is 0 Å². The van der Waals surface area contributed by atoms with E-state index < -0.39 is 0 Å². The van der Waals surface area contributed by atoms with Gasteiger partial charge in [-0.1, -0.05) is 36.4 Å². The Balaban J connectivity index is 1.91. The lowest BCUT2D eigenvalue weighted by atomic mass is 10.1. The molecule has 3 nitrogen and oxygen atoms in total. The van der Waals surface area contributed by atoms with Gasteiger partial charge < -0.3 is 4.74 Å². The van der Waals surface area contributed by atoms with Crippen LogP contribution in [0.3, 0.4) is 0 Å². The number of rotatable bonds is 4. The Kier molecular flexibility index (Phi) is 3.97. The van der Waals surface area contributed by atoms with Crippen molar-refractivity contribution in [3.8, 4) is 5.75 Å². The van der Waals surface area contributed by atoms with Gasteiger partial charge in [0, 0.05) is 11.9 Å². The monoisotopic (exact) mass is 344 g/mol. The Morgan fingerprint density at radius 3 is 2.71 bits per heavy atom. The van der Waals surface area contributed by atoms with E-state index in [1.165, 1.54) is 5.39 Å². The molecule has 21 heavy (non-hydrogen) atoms. The molecule has 1 aromatic heterocycles. The van der Waals surface area contributed by atoms with Gasteiger partial charge in [0.2, 0.25) is 0 Å². The molecule has 0 unspecified atom stereocenters. The summed E-state index contributed by atoms with van der Waals surface area (Å²) in [6.45, 7) is 5.42. The lowest BCUT2D eigenvalue weighted by Gasteiger charge is -2.10. The molecule has 0 fully saturated rings. The van der Waals surface area contributed by atoms with Gasteiger partial charge in [-0.25, -0.2) is 0 Å². The van der Waals surface area contributed by atoms with Crippen molar-refractivity contribution in [2.24, 2.45) is 0 Å². The molecule has 108 valence electrons. The third kappa shape index (κ3) is 2.68. The predicted molar refractivity (Wildman–Crippen MR) is 88.6 cm³/mol. The molecule has 1 heterocycles. The maximum atomic E-state index is 6.05. The van der Waals surface area contributed by atoms with Crippen LogP contribution in [0.25, 0.3) is 10.8 Å². The van der Waals surface area contributed by atoms with Gasteiger partial charge in [0.1, 0.15) is 12.4 Å². The van der Waals surface area contributed by atoms with E-state index in [9.17, 15) is 0 Å². The van der Waals surface area contributed by atoms with Crippen molar-refractivity contribution < 1.29 is 4.74 Å². The van der Waals surface area contributed by atoms with Crippen molar-refractivity contribution in [1.29, 1.82) is 0 Å². The van der Waals surface area contributed by atoms with Gasteiger partial charge in [-0.2, -0.15) is 5.10 Å². The highest BCUT2D eigenvalue weighted by molar-refractivity contribution is 9.10. The highest BCUT2D eigenvalue weighted by Gasteiger charge is 2.13. The number of hydrogen-bond acceptors (Lipinski definition) is 2. The van der Waals surface area contributed by atoms with Crippen LogP contribution in [0.4, 0.5) is 0 Å². The fourth-order valence-electron chi connectivity index (χ4n) is 2.47. The summed E-state index contributed by atoms with van der Waals surface area (Å²) in [6.07, 6.45) is 0. The largest absolute Gasteiger partial charge is 0.487 e. The number of nitrogens with zero attached hydrogens (tertiary/aromatic N) is 2. The molecule has 0 atom stereocenters. The summed E-state index contributed by atoms with van der Waals surface area (Å²) in [7, 11) is 0. The van der Waals surface area contributed by atoms with Gasteiger partial charge in [0.15, 0.2) is 0 Å². The summed E-state index contributed by atoms with van der Waals surface area (Å²) in [4.78, 5) is 0. The zero-order chi connectivity index (χ0) is 14.8. The fraction of sp³-hybridized carbons (Fsp3) is 0.235. The smallest absolute Gasteiger partial charge is 0.131 e. The summed E-state index contributed by atoms with van der Waals surface area (Å²) in [6, 6.07) is 14.4. The summed E-state index contributed by atoms with van der Waals surface area (Å²) < 4.78 is 9.06. The van der Waals surface area contributed by atoms with Gasteiger partial charge in [-0.05, 0) is 41.2 Å². The third-order valence-corrected chi connectivity index (χ3v) is 4.60. The van der Waals surface area contributed by atoms with Crippen molar-refractivity contribution in [3.05, 3.63) is 58.3 Å². The number of halogens is 1. The summed E-state index contributed by atoms with van der Waals surface area (Å²) in [5.74, 6) is 0.904. The van der Waals surface area contributed by atoms with E-state index in [0.717, 1.165) is 33.5 Å². The number of benzene rings is 2. The molecule has 0 spiro atoms. The molecule has 0 saturated heterocycles. The van der Waals surface area contributed by atoms with Crippen LogP contribution in [0.15, 0.2) is 46.9 Å². The first-order chi connectivity index (χ1) is 10.2. The number of ether oxygens (including phenoxy) is 1. The summed E-state index contributed by atoms with van der Waals surface area (Å²) in [5, 5.41) is 6.82. The first kappa shape index (κ1) is 14.1. The van der Waals surface area contributed by atoms with Crippen LogP contribution in [-0.2, 0) is 13.2 Å². The highest BCUT2D eigenvalue weighted by Crippen LogP contribution is 2.27. The number of fused-ring (bicyclic) bond motifs is 1. The van der Waals surface area contributed by atoms with E-state index in [1.54, 1.807) is 0 Å². The lowest BCUT2D eigenvalue weighted by Crippen LogP contribution is -2.06. The summed E-state index contributed by atoms with van der Waals surface area (Å²) in [5.41, 5.74) is 2.07. The van der Waals surface area contributed by atoms with Crippen LogP contribution in [0, 0.1) is 6.92 Å².